The Hall–Kier alpha value is -1.29. The summed E-state index contributed by atoms with van der Waals surface area (Å²) in [5.74, 6) is 5.42. The van der Waals surface area contributed by atoms with Crippen LogP contribution < -0.4 is 5.84 Å². The smallest absolute Gasteiger partial charge is 0.115 e. The Bertz CT molecular complexity index is 356. The van der Waals surface area contributed by atoms with E-state index in [1.54, 1.807) is 0 Å². The van der Waals surface area contributed by atoms with E-state index in [2.05, 4.69) is 10.3 Å². The minimum absolute atomic E-state index is 0. The van der Waals surface area contributed by atoms with E-state index in [4.69, 9.17) is 5.84 Å². The second-order valence-electron chi connectivity index (χ2n) is 2.02. The minimum Gasteiger partial charge on any atom is -0.321 e. The molecule has 11 heavy (non-hydrogen) atoms. The van der Waals surface area contributed by atoms with Gasteiger partial charge in [-0.3, -0.25) is 0 Å². The van der Waals surface area contributed by atoms with Crippen LogP contribution in [0.5, 0.6) is 0 Å². The maximum Gasteiger partial charge on any atom is 0.115 e. The molecule has 2 aromatic rings. The van der Waals surface area contributed by atoms with Crippen LogP contribution in [0.4, 0.5) is 0 Å². The maximum absolute atomic E-state index is 5.42. The molecule has 0 amide bonds. The number of nitrogens with two attached hydrogens (primary N) is 1. The van der Waals surface area contributed by atoms with Gasteiger partial charge < -0.3 is 5.84 Å². The zero-order valence-electron chi connectivity index (χ0n) is 5.64. The summed E-state index contributed by atoms with van der Waals surface area (Å²) in [5.41, 5.74) is 1.67. The quantitative estimate of drug-likeness (QED) is 0.588. The van der Waals surface area contributed by atoms with Gasteiger partial charge in [-0.25, -0.2) is 0 Å². The summed E-state index contributed by atoms with van der Waals surface area (Å²) >= 11 is 0. The lowest BCUT2D eigenvalue weighted by atomic mass is 10.3. The van der Waals surface area contributed by atoms with Gasteiger partial charge in [0.25, 0.3) is 0 Å². The van der Waals surface area contributed by atoms with Gasteiger partial charge >= 0.3 is 0 Å². The number of hydrogen-bond donors (Lipinski definition) is 1. The minimum atomic E-state index is 0. The number of benzene rings is 1. The van der Waals surface area contributed by atoms with Crippen LogP contribution in [-0.2, 0) is 0 Å². The van der Waals surface area contributed by atoms with Gasteiger partial charge in [-0.05, 0) is 17.3 Å². The number of nitrogens with zero attached hydrogens (tertiary/aromatic N) is 3. The molecule has 58 valence electrons. The second-order valence-corrected chi connectivity index (χ2v) is 2.02. The van der Waals surface area contributed by atoms with Crippen molar-refractivity contribution in [3.63, 3.8) is 0 Å². The number of fused-ring (bicyclic) bond motifs is 1. The topological polar surface area (TPSA) is 56.7 Å². The van der Waals surface area contributed by atoms with Crippen LogP contribution in [0.3, 0.4) is 0 Å². The average Bonchev–Trinajstić information content (AvgIpc) is 2.34. The SMILES string of the molecule is Cl.Nn1nnc2ccccc21. The molecule has 0 unspecified atom stereocenters. The summed E-state index contributed by atoms with van der Waals surface area (Å²) in [4.78, 5) is 1.26. The van der Waals surface area contributed by atoms with Crippen LogP contribution >= 0.6 is 12.4 Å². The predicted octanol–water partition coefficient (Wildman–Crippen LogP) is 0.567. The van der Waals surface area contributed by atoms with Crippen molar-refractivity contribution in [2.75, 3.05) is 5.84 Å². The van der Waals surface area contributed by atoms with Crippen LogP contribution in [0, 0.1) is 0 Å². The number of aromatic nitrogens is 3. The molecule has 1 aromatic heterocycles. The molecule has 4 nitrogen and oxygen atoms in total. The fourth-order valence-corrected chi connectivity index (χ4v) is 0.887. The van der Waals surface area contributed by atoms with Crippen molar-refractivity contribution < 1.29 is 0 Å². The van der Waals surface area contributed by atoms with Gasteiger partial charge in [0, 0.05) is 0 Å². The normalized spacial score (nSPS) is 9.45. The number of halogens is 1. The van der Waals surface area contributed by atoms with Crippen molar-refractivity contribution in [3.8, 4) is 0 Å². The number of nitrogen functional groups attached to an aromatic ring is 1. The molecule has 2 rings (SSSR count). The molecule has 5 heteroatoms. The number of rotatable bonds is 0. The van der Waals surface area contributed by atoms with E-state index in [9.17, 15) is 0 Å². The van der Waals surface area contributed by atoms with E-state index in [1.165, 1.54) is 4.79 Å². The van der Waals surface area contributed by atoms with Crippen LogP contribution in [0.1, 0.15) is 0 Å². The third-order valence-electron chi connectivity index (χ3n) is 1.38. The summed E-state index contributed by atoms with van der Waals surface area (Å²) in [6.07, 6.45) is 0. The highest BCUT2D eigenvalue weighted by atomic mass is 35.5. The molecule has 0 spiro atoms. The Balaban J connectivity index is 0.000000605. The molecule has 0 radical (unpaired) electrons. The van der Waals surface area contributed by atoms with E-state index in [-0.39, 0.29) is 12.4 Å². The summed E-state index contributed by atoms with van der Waals surface area (Å²) < 4.78 is 0. The molecule has 0 saturated carbocycles. The monoisotopic (exact) mass is 170 g/mol. The van der Waals surface area contributed by atoms with E-state index in [0.29, 0.717) is 0 Å². The van der Waals surface area contributed by atoms with E-state index in [1.807, 2.05) is 24.3 Å². The summed E-state index contributed by atoms with van der Waals surface area (Å²) in [5, 5.41) is 7.45. The van der Waals surface area contributed by atoms with Crippen LogP contribution in [0.2, 0.25) is 0 Å². The first-order chi connectivity index (χ1) is 4.88. The first kappa shape index (κ1) is 7.81. The average molecular weight is 171 g/mol. The standard InChI is InChI=1S/C6H6N4.ClH/c7-10-6-4-2-1-3-5(6)8-9-10;/h1-4H,7H2;1H. The lowest BCUT2D eigenvalue weighted by molar-refractivity contribution is 0.787. The van der Waals surface area contributed by atoms with Crippen molar-refractivity contribution in [3.05, 3.63) is 24.3 Å². The number of para-hydroxylation sites is 1. The maximum atomic E-state index is 5.42. The molecular formula is C6H7ClN4. The molecule has 0 fully saturated rings. The van der Waals surface area contributed by atoms with Gasteiger partial charge in [0.1, 0.15) is 11.0 Å². The summed E-state index contributed by atoms with van der Waals surface area (Å²) in [7, 11) is 0. The van der Waals surface area contributed by atoms with Crippen molar-refractivity contribution in [1.82, 2.24) is 15.1 Å². The van der Waals surface area contributed by atoms with Crippen LogP contribution in [0.15, 0.2) is 24.3 Å². The third kappa shape index (κ3) is 1.12. The van der Waals surface area contributed by atoms with Gasteiger partial charge in [0.15, 0.2) is 0 Å². The Labute approximate surface area is 69.4 Å². The highest BCUT2D eigenvalue weighted by molar-refractivity contribution is 5.85. The van der Waals surface area contributed by atoms with E-state index in [0.717, 1.165) is 11.0 Å². The molecule has 1 heterocycles. The molecule has 0 aliphatic rings. The van der Waals surface area contributed by atoms with Gasteiger partial charge in [-0.1, -0.05) is 12.1 Å². The molecule has 0 aliphatic carbocycles. The summed E-state index contributed by atoms with van der Waals surface area (Å²) in [6.45, 7) is 0. The van der Waals surface area contributed by atoms with Crippen molar-refractivity contribution in [2.45, 2.75) is 0 Å². The Morgan fingerprint density at radius 2 is 2.00 bits per heavy atom. The predicted molar refractivity (Wildman–Crippen MR) is 44.9 cm³/mol. The van der Waals surface area contributed by atoms with E-state index < -0.39 is 0 Å². The van der Waals surface area contributed by atoms with Crippen LogP contribution in [-0.4, -0.2) is 15.1 Å². The van der Waals surface area contributed by atoms with Crippen molar-refractivity contribution in [1.29, 1.82) is 0 Å². The van der Waals surface area contributed by atoms with Gasteiger partial charge in [-0.15, -0.1) is 17.5 Å². The molecule has 0 bridgehead atoms. The van der Waals surface area contributed by atoms with Gasteiger partial charge in [0.05, 0.1) is 0 Å². The molecule has 0 aliphatic heterocycles. The fraction of sp³-hybridized carbons (Fsp3) is 0. The highest BCUT2D eigenvalue weighted by Crippen LogP contribution is 2.05. The Morgan fingerprint density at radius 3 is 2.73 bits per heavy atom. The number of hydrogen-bond acceptors (Lipinski definition) is 3. The molecule has 1 aromatic carbocycles. The fourth-order valence-electron chi connectivity index (χ4n) is 0.887. The third-order valence-corrected chi connectivity index (χ3v) is 1.38. The van der Waals surface area contributed by atoms with Gasteiger partial charge in [0.2, 0.25) is 0 Å². The van der Waals surface area contributed by atoms with Gasteiger partial charge in [-0.2, -0.15) is 4.79 Å². The Kier molecular flexibility index (Phi) is 1.96. The molecule has 0 atom stereocenters. The van der Waals surface area contributed by atoms with Crippen LogP contribution in [0.25, 0.3) is 11.0 Å². The van der Waals surface area contributed by atoms with Crippen molar-refractivity contribution in [2.24, 2.45) is 0 Å². The summed E-state index contributed by atoms with van der Waals surface area (Å²) in [6, 6.07) is 7.53. The second kappa shape index (κ2) is 2.75. The zero-order valence-corrected chi connectivity index (χ0v) is 6.45. The van der Waals surface area contributed by atoms with E-state index >= 15 is 0 Å². The lowest BCUT2D eigenvalue weighted by Crippen LogP contribution is -2.09. The van der Waals surface area contributed by atoms with Crippen molar-refractivity contribution >= 4 is 23.4 Å². The molecule has 2 N–H and O–H groups in total. The Morgan fingerprint density at radius 1 is 1.27 bits per heavy atom. The molecular weight excluding hydrogens is 164 g/mol. The molecule has 0 saturated heterocycles. The first-order valence-electron chi connectivity index (χ1n) is 2.93. The largest absolute Gasteiger partial charge is 0.321 e. The lowest BCUT2D eigenvalue weighted by Gasteiger charge is -1.87. The highest BCUT2D eigenvalue weighted by Gasteiger charge is 1.96. The first-order valence-corrected chi connectivity index (χ1v) is 2.93. The zero-order chi connectivity index (χ0) is 6.97.